The number of hydrogen-bond acceptors (Lipinski definition) is 7. The van der Waals surface area contributed by atoms with Crippen molar-refractivity contribution in [1.82, 2.24) is 9.55 Å². The Morgan fingerprint density at radius 2 is 1.74 bits per heavy atom. The summed E-state index contributed by atoms with van der Waals surface area (Å²) in [6.45, 7) is 9.37. The van der Waals surface area contributed by atoms with E-state index < -0.39 is 18.5 Å². The van der Waals surface area contributed by atoms with Gasteiger partial charge in [-0.05, 0) is 63.9 Å². The van der Waals surface area contributed by atoms with Crippen LogP contribution in [0.15, 0.2) is 24.3 Å². The fourth-order valence-corrected chi connectivity index (χ4v) is 4.29. The van der Waals surface area contributed by atoms with Crippen LogP contribution in [0.2, 0.25) is 0 Å². The highest BCUT2D eigenvalue weighted by Gasteiger charge is 2.25. The topological polar surface area (TPSA) is 109 Å². The fraction of sp³-hybridized carbons (Fsp3) is 0.346. The Morgan fingerprint density at radius 1 is 1.00 bits per heavy atom. The number of nitrogens with zero attached hydrogens (tertiary/aromatic N) is 1. The van der Waals surface area contributed by atoms with Crippen LogP contribution in [0.5, 0.6) is 11.5 Å². The number of esters is 2. The quantitative estimate of drug-likeness (QED) is 0.383. The summed E-state index contributed by atoms with van der Waals surface area (Å²) in [5.41, 5.74) is 4.53. The predicted octanol–water partition coefficient (Wildman–Crippen LogP) is 4.04. The van der Waals surface area contributed by atoms with Crippen LogP contribution >= 0.6 is 0 Å². The van der Waals surface area contributed by atoms with E-state index in [1.54, 1.807) is 26.8 Å². The Kier molecular flexibility index (Phi) is 6.68. The number of ether oxygens (including phenoxy) is 4. The average Bonchev–Trinajstić information content (AvgIpc) is 3.49. The van der Waals surface area contributed by atoms with Gasteiger partial charge in [-0.15, -0.1) is 0 Å². The lowest BCUT2D eigenvalue weighted by molar-refractivity contribution is 0.0473. The molecule has 0 atom stereocenters. The first-order chi connectivity index (χ1) is 16.7. The van der Waals surface area contributed by atoms with Gasteiger partial charge in [-0.1, -0.05) is 6.07 Å². The van der Waals surface area contributed by atoms with Crippen LogP contribution in [0.25, 0.3) is 0 Å². The van der Waals surface area contributed by atoms with Gasteiger partial charge in [-0.25, -0.2) is 9.59 Å². The minimum Gasteiger partial charge on any atom is -0.461 e. The van der Waals surface area contributed by atoms with Crippen molar-refractivity contribution in [2.45, 2.75) is 41.2 Å². The van der Waals surface area contributed by atoms with E-state index in [0.29, 0.717) is 29.1 Å². The number of fused-ring (bicyclic) bond motifs is 1. The molecular weight excluding hydrogens is 452 g/mol. The van der Waals surface area contributed by atoms with Crippen LogP contribution in [0, 0.1) is 27.7 Å². The van der Waals surface area contributed by atoms with Crippen molar-refractivity contribution >= 4 is 17.7 Å². The fourth-order valence-electron chi connectivity index (χ4n) is 4.29. The van der Waals surface area contributed by atoms with Crippen molar-refractivity contribution in [2.75, 3.05) is 20.0 Å². The molecule has 9 nitrogen and oxygen atoms in total. The van der Waals surface area contributed by atoms with E-state index in [1.807, 2.05) is 36.6 Å². The summed E-state index contributed by atoms with van der Waals surface area (Å²) in [6.07, 6.45) is 0. The largest absolute Gasteiger partial charge is 0.461 e. The van der Waals surface area contributed by atoms with Crippen LogP contribution in [-0.4, -0.2) is 47.3 Å². The highest BCUT2D eigenvalue weighted by Crippen LogP contribution is 2.33. The van der Waals surface area contributed by atoms with Gasteiger partial charge in [0.2, 0.25) is 12.6 Å². The lowest BCUT2D eigenvalue weighted by atomic mass is 10.1. The van der Waals surface area contributed by atoms with Crippen LogP contribution in [-0.2, 0) is 16.0 Å². The van der Waals surface area contributed by atoms with Crippen LogP contribution in [0.1, 0.15) is 66.3 Å². The first kappa shape index (κ1) is 24.1. The third-order valence-corrected chi connectivity index (χ3v) is 6.11. The maximum atomic E-state index is 12.9. The van der Waals surface area contributed by atoms with Crippen LogP contribution in [0.3, 0.4) is 0 Å². The molecule has 35 heavy (non-hydrogen) atoms. The van der Waals surface area contributed by atoms with Gasteiger partial charge in [0, 0.05) is 29.2 Å². The maximum absolute atomic E-state index is 12.9. The van der Waals surface area contributed by atoms with Crippen molar-refractivity contribution in [3.05, 3.63) is 69.3 Å². The molecule has 1 aromatic carbocycles. The minimum absolute atomic E-state index is 0.203. The van der Waals surface area contributed by atoms with Gasteiger partial charge in [-0.3, -0.25) is 4.79 Å². The Morgan fingerprint density at radius 3 is 2.49 bits per heavy atom. The third-order valence-electron chi connectivity index (χ3n) is 6.11. The number of rotatable bonds is 8. The molecule has 0 spiro atoms. The van der Waals surface area contributed by atoms with Gasteiger partial charge in [0.05, 0.1) is 12.2 Å². The number of benzene rings is 1. The number of aromatic amines is 1. The molecule has 1 aliphatic rings. The average molecular weight is 481 g/mol. The zero-order valence-electron chi connectivity index (χ0n) is 20.4. The molecule has 0 saturated carbocycles. The van der Waals surface area contributed by atoms with Gasteiger partial charge in [0.25, 0.3) is 0 Å². The molecule has 4 rings (SSSR count). The summed E-state index contributed by atoms with van der Waals surface area (Å²) >= 11 is 0. The Bertz CT molecular complexity index is 1320. The third kappa shape index (κ3) is 4.66. The normalized spacial score (nSPS) is 12.0. The molecule has 0 radical (unpaired) electrons. The van der Waals surface area contributed by atoms with Gasteiger partial charge in [0.1, 0.15) is 5.69 Å². The molecule has 3 aromatic rings. The molecule has 184 valence electrons. The Balaban J connectivity index is 1.45. The minimum atomic E-state index is -0.672. The molecule has 3 heterocycles. The molecule has 0 bridgehead atoms. The summed E-state index contributed by atoms with van der Waals surface area (Å²) < 4.78 is 23.2. The second kappa shape index (κ2) is 9.69. The molecule has 1 aliphatic heterocycles. The predicted molar refractivity (Wildman–Crippen MR) is 126 cm³/mol. The first-order valence-electron chi connectivity index (χ1n) is 11.3. The second-order valence-electron chi connectivity index (χ2n) is 8.40. The summed E-state index contributed by atoms with van der Waals surface area (Å²) in [5, 5.41) is 0. The highest BCUT2D eigenvalue weighted by molar-refractivity contribution is 6.02. The molecule has 0 aliphatic carbocycles. The van der Waals surface area contributed by atoms with Crippen LogP contribution < -0.4 is 9.47 Å². The standard InChI is InChI=1S/C26H28N2O7/c1-6-32-26(31)24-15(3)23(16(4)27-24)25(30)33-12-20(29)19-9-14(2)28(17(19)5)11-18-7-8-21-22(10-18)35-13-34-21/h7-10,27H,6,11-13H2,1-5H3. The van der Waals surface area contributed by atoms with E-state index >= 15 is 0 Å². The molecular formula is C26H28N2O7. The molecule has 0 amide bonds. The van der Waals surface area contributed by atoms with Crippen molar-refractivity contribution in [2.24, 2.45) is 0 Å². The smallest absolute Gasteiger partial charge is 0.355 e. The SMILES string of the molecule is CCOC(=O)c1[nH]c(C)c(C(=O)OCC(=O)c2cc(C)n(Cc3ccc4c(c3)OCO4)c2C)c1C. The molecule has 2 aromatic heterocycles. The van der Waals surface area contributed by atoms with E-state index in [2.05, 4.69) is 4.98 Å². The zero-order chi connectivity index (χ0) is 25.3. The summed E-state index contributed by atoms with van der Waals surface area (Å²) in [6, 6.07) is 7.55. The molecule has 0 unspecified atom stereocenters. The molecule has 9 heteroatoms. The van der Waals surface area contributed by atoms with E-state index in [1.165, 1.54) is 0 Å². The lowest BCUT2D eigenvalue weighted by Gasteiger charge is -2.11. The number of carbonyl (C=O) groups is 3. The van der Waals surface area contributed by atoms with Crippen molar-refractivity contribution < 1.29 is 33.3 Å². The Hall–Kier alpha value is -4.01. The molecule has 0 fully saturated rings. The van der Waals surface area contributed by atoms with Crippen molar-refractivity contribution in [3.63, 3.8) is 0 Å². The highest BCUT2D eigenvalue weighted by atomic mass is 16.7. The summed E-state index contributed by atoms with van der Waals surface area (Å²) in [7, 11) is 0. The number of H-pyrrole nitrogens is 1. The molecule has 1 N–H and O–H groups in total. The number of carbonyl (C=O) groups excluding carboxylic acids is 3. The lowest BCUT2D eigenvalue weighted by Crippen LogP contribution is -2.16. The monoisotopic (exact) mass is 480 g/mol. The zero-order valence-corrected chi connectivity index (χ0v) is 20.4. The van der Waals surface area contributed by atoms with E-state index in [4.69, 9.17) is 18.9 Å². The van der Waals surface area contributed by atoms with Crippen LogP contribution in [0.4, 0.5) is 0 Å². The van der Waals surface area contributed by atoms with Crippen molar-refractivity contribution in [3.8, 4) is 11.5 Å². The van der Waals surface area contributed by atoms with Gasteiger partial charge < -0.3 is 28.5 Å². The first-order valence-corrected chi connectivity index (χ1v) is 11.3. The number of Topliss-reactive ketones (excluding diaryl/α,β-unsaturated/α-hetero) is 1. The number of aryl methyl sites for hydroxylation is 2. The molecule has 0 saturated heterocycles. The summed E-state index contributed by atoms with van der Waals surface area (Å²) in [4.78, 5) is 40.6. The van der Waals surface area contributed by atoms with E-state index in [0.717, 1.165) is 22.7 Å². The Labute approximate surface area is 202 Å². The van der Waals surface area contributed by atoms with Crippen molar-refractivity contribution in [1.29, 1.82) is 0 Å². The van der Waals surface area contributed by atoms with E-state index in [9.17, 15) is 14.4 Å². The maximum Gasteiger partial charge on any atom is 0.355 e. The number of nitrogens with one attached hydrogen (secondary N) is 1. The van der Waals surface area contributed by atoms with Gasteiger partial charge >= 0.3 is 11.9 Å². The number of aromatic nitrogens is 2. The summed E-state index contributed by atoms with van der Waals surface area (Å²) in [5.74, 6) is -0.100. The number of ketones is 1. The number of hydrogen-bond donors (Lipinski definition) is 1. The van der Waals surface area contributed by atoms with E-state index in [-0.39, 0.29) is 30.4 Å². The van der Waals surface area contributed by atoms with Gasteiger partial charge in [-0.2, -0.15) is 0 Å². The second-order valence-corrected chi connectivity index (χ2v) is 8.40. The van der Waals surface area contributed by atoms with Gasteiger partial charge in [0.15, 0.2) is 18.1 Å².